The number of benzene rings is 1. The number of methoxy groups -OCH3 is 1. The lowest BCUT2D eigenvalue weighted by molar-refractivity contribution is -0.142. The van der Waals surface area contributed by atoms with Crippen LogP contribution in [-0.2, 0) is 20.7 Å². The van der Waals surface area contributed by atoms with E-state index in [0.717, 1.165) is 22.0 Å². The van der Waals surface area contributed by atoms with Crippen molar-refractivity contribution in [1.82, 2.24) is 0 Å². The van der Waals surface area contributed by atoms with Gasteiger partial charge < -0.3 is 4.74 Å². The summed E-state index contributed by atoms with van der Waals surface area (Å²) in [5, 5.41) is 0. The maximum absolute atomic E-state index is 11.9. The molecule has 0 bridgehead atoms. The van der Waals surface area contributed by atoms with Crippen LogP contribution in [0.4, 0.5) is 0 Å². The van der Waals surface area contributed by atoms with E-state index in [0.29, 0.717) is 6.42 Å². The van der Waals surface area contributed by atoms with Crippen LogP contribution in [-0.4, -0.2) is 18.9 Å². The van der Waals surface area contributed by atoms with Crippen molar-refractivity contribution < 1.29 is 14.3 Å². The van der Waals surface area contributed by atoms with Crippen molar-refractivity contribution in [3.05, 3.63) is 33.8 Å². The Balaban J connectivity index is 2.39. The zero-order valence-corrected chi connectivity index (χ0v) is 11.1. The average molecular weight is 297 g/mol. The molecule has 1 aromatic carbocycles. The molecular weight excluding hydrogens is 284 g/mol. The number of ether oxygens (including phenoxy) is 1. The van der Waals surface area contributed by atoms with Gasteiger partial charge in [-0.15, -0.1) is 0 Å². The number of fused-ring (bicyclic) bond motifs is 1. The molecule has 0 saturated carbocycles. The number of carbonyl (C=O) groups excluding carboxylic acids is 2. The largest absolute Gasteiger partial charge is 0.469 e. The van der Waals surface area contributed by atoms with Gasteiger partial charge in [0.1, 0.15) is 5.78 Å². The predicted molar refractivity (Wildman–Crippen MR) is 66.8 cm³/mol. The monoisotopic (exact) mass is 296 g/mol. The third kappa shape index (κ3) is 2.41. The number of hydrogen-bond acceptors (Lipinski definition) is 3. The second-order valence-electron chi connectivity index (χ2n) is 4.11. The summed E-state index contributed by atoms with van der Waals surface area (Å²) in [6.45, 7) is 0. The summed E-state index contributed by atoms with van der Waals surface area (Å²) in [5.41, 5.74) is 2.10. The van der Waals surface area contributed by atoms with Crippen LogP contribution in [0.1, 0.15) is 29.9 Å². The fourth-order valence-corrected chi connectivity index (χ4v) is 2.93. The quantitative estimate of drug-likeness (QED) is 0.788. The molecule has 0 saturated heterocycles. The van der Waals surface area contributed by atoms with E-state index in [1.165, 1.54) is 7.11 Å². The van der Waals surface area contributed by atoms with E-state index in [2.05, 4.69) is 20.7 Å². The molecule has 2 rings (SSSR count). The Morgan fingerprint density at radius 3 is 2.94 bits per heavy atom. The molecule has 0 amide bonds. The van der Waals surface area contributed by atoms with Gasteiger partial charge in [0.2, 0.25) is 0 Å². The number of rotatable bonds is 2. The summed E-state index contributed by atoms with van der Waals surface area (Å²) < 4.78 is 5.55. The molecule has 0 fully saturated rings. The van der Waals surface area contributed by atoms with Crippen molar-refractivity contribution in [1.29, 1.82) is 0 Å². The molecule has 3 nitrogen and oxygen atoms in total. The predicted octanol–water partition coefficient (Wildman–Crippen LogP) is 2.61. The highest BCUT2D eigenvalue weighted by molar-refractivity contribution is 9.10. The van der Waals surface area contributed by atoms with E-state index in [-0.39, 0.29) is 24.1 Å². The average Bonchev–Trinajstić information content (AvgIpc) is 2.33. The van der Waals surface area contributed by atoms with Gasteiger partial charge >= 0.3 is 5.97 Å². The minimum atomic E-state index is -0.359. The number of ketones is 1. The molecule has 0 heterocycles. The molecule has 0 aliphatic heterocycles. The maximum atomic E-state index is 11.9. The van der Waals surface area contributed by atoms with Crippen molar-refractivity contribution in [2.24, 2.45) is 0 Å². The van der Waals surface area contributed by atoms with E-state index in [1.807, 2.05) is 18.2 Å². The molecule has 0 aromatic heterocycles. The van der Waals surface area contributed by atoms with E-state index in [9.17, 15) is 9.59 Å². The zero-order valence-electron chi connectivity index (χ0n) is 9.53. The summed E-state index contributed by atoms with van der Waals surface area (Å²) in [5.74, 6) is -0.580. The first kappa shape index (κ1) is 12.3. The first-order chi connectivity index (χ1) is 8.13. The van der Waals surface area contributed by atoms with Crippen LogP contribution >= 0.6 is 15.9 Å². The van der Waals surface area contributed by atoms with Crippen molar-refractivity contribution in [2.45, 2.75) is 25.2 Å². The van der Waals surface area contributed by atoms with Crippen LogP contribution in [0.2, 0.25) is 0 Å². The smallest absolute Gasteiger partial charge is 0.306 e. The van der Waals surface area contributed by atoms with Crippen molar-refractivity contribution >= 4 is 27.7 Å². The summed E-state index contributed by atoms with van der Waals surface area (Å²) in [6, 6.07) is 5.87. The lowest BCUT2D eigenvalue weighted by Crippen LogP contribution is -2.24. The Morgan fingerprint density at radius 2 is 2.24 bits per heavy atom. The van der Waals surface area contributed by atoms with Gasteiger partial charge in [0.05, 0.1) is 19.4 Å². The minimum Gasteiger partial charge on any atom is -0.469 e. The van der Waals surface area contributed by atoms with Gasteiger partial charge in [-0.05, 0) is 23.6 Å². The Hall–Kier alpha value is -1.16. The number of hydrogen-bond donors (Lipinski definition) is 0. The van der Waals surface area contributed by atoms with Gasteiger partial charge in [0.15, 0.2) is 0 Å². The highest BCUT2D eigenvalue weighted by Gasteiger charge is 2.31. The van der Waals surface area contributed by atoms with Crippen molar-refractivity contribution in [3.63, 3.8) is 0 Å². The standard InChI is InChI=1S/C13H13BrO3/c1-17-12(16)7-9-11(15)6-5-8-3-2-4-10(14)13(8)9/h2-4,9H,5-7H2,1H3/t9-/m1/s1. The summed E-state index contributed by atoms with van der Waals surface area (Å²) in [4.78, 5) is 23.3. The fraction of sp³-hybridized carbons (Fsp3) is 0.385. The Labute approximate surface area is 108 Å². The Bertz CT molecular complexity index is 468. The van der Waals surface area contributed by atoms with Crippen LogP contribution in [0.25, 0.3) is 0 Å². The third-order valence-electron chi connectivity index (χ3n) is 3.12. The Kier molecular flexibility index (Phi) is 3.62. The molecule has 90 valence electrons. The number of halogens is 1. The highest BCUT2D eigenvalue weighted by atomic mass is 79.9. The second kappa shape index (κ2) is 5.00. The van der Waals surface area contributed by atoms with E-state index < -0.39 is 0 Å². The van der Waals surface area contributed by atoms with Gasteiger partial charge in [0.25, 0.3) is 0 Å². The second-order valence-corrected chi connectivity index (χ2v) is 4.97. The summed E-state index contributed by atoms with van der Waals surface area (Å²) >= 11 is 3.46. The number of aryl methyl sites for hydroxylation is 1. The maximum Gasteiger partial charge on any atom is 0.306 e. The topological polar surface area (TPSA) is 43.4 Å². The molecule has 1 atom stereocenters. The summed E-state index contributed by atoms with van der Waals surface area (Å²) in [7, 11) is 1.34. The first-order valence-electron chi connectivity index (χ1n) is 5.50. The molecule has 0 radical (unpaired) electrons. The van der Waals surface area contributed by atoms with E-state index in [4.69, 9.17) is 0 Å². The van der Waals surface area contributed by atoms with Crippen LogP contribution < -0.4 is 0 Å². The van der Waals surface area contributed by atoms with Gasteiger partial charge in [0, 0.05) is 10.9 Å². The zero-order chi connectivity index (χ0) is 12.4. The van der Waals surface area contributed by atoms with Crippen LogP contribution in [0.3, 0.4) is 0 Å². The van der Waals surface area contributed by atoms with E-state index >= 15 is 0 Å². The number of esters is 1. The summed E-state index contributed by atoms with van der Waals surface area (Å²) in [6.07, 6.45) is 1.39. The highest BCUT2D eigenvalue weighted by Crippen LogP contribution is 2.36. The lowest BCUT2D eigenvalue weighted by Gasteiger charge is -2.24. The molecule has 1 aromatic rings. The molecule has 1 aliphatic rings. The first-order valence-corrected chi connectivity index (χ1v) is 6.29. The SMILES string of the molecule is COC(=O)C[C@@H]1C(=O)CCc2cccc(Br)c21. The van der Waals surface area contributed by atoms with E-state index in [1.54, 1.807) is 0 Å². The number of carbonyl (C=O) groups is 2. The fourth-order valence-electron chi connectivity index (χ4n) is 2.25. The van der Waals surface area contributed by atoms with Crippen LogP contribution in [0.5, 0.6) is 0 Å². The molecule has 1 aliphatic carbocycles. The van der Waals surface area contributed by atoms with Crippen molar-refractivity contribution in [2.75, 3.05) is 7.11 Å². The normalized spacial score (nSPS) is 18.7. The van der Waals surface area contributed by atoms with Crippen molar-refractivity contribution in [3.8, 4) is 0 Å². The molecule has 0 N–H and O–H groups in total. The molecule has 4 heteroatoms. The molecule has 17 heavy (non-hydrogen) atoms. The number of Topliss-reactive ketones (excluding diaryl/α,β-unsaturated/α-hetero) is 1. The molecule has 0 unspecified atom stereocenters. The third-order valence-corrected chi connectivity index (χ3v) is 3.81. The van der Waals surface area contributed by atoms with Crippen LogP contribution in [0.15, 0.2) is 22.7 Å². The van der Waals surface area contributed by atoms with Gasteiger partial charge in [-0.2, -0.15) is 0 Å². The minimum absolute atomic E-state index is 0.120. The van der Waals surface area contributed by atoms with Gasteiger partial charge in [-0.3, -0.25) is 9.59 Å². The van der Waals surface area contributed by atoms with Gasteiger partial charge in [-0.25, -0.2) is 0 Å². The van der Waals surface area contributed by atoms with Gasteiger partial charge in [-0.1, -0.05) is 28.1 Å². The Morgan fingerprint density at radius 1 is 1.47 bits per heavy atom. The molecular formula is C13H13BrO3. The van der Waals surface area contributed by atoms with Crippen LogP contribution in [0, 0.1) is 0 Å². The lowest BCUT2D eigenvalue weighted by atomic mass is 9.80. The molecule has 0 spiro atoms.